The van der Waals surface area contributed by atoms with Gasteiger partial charge in [0.1, 0.15) is 5.75 Å². The van der Waals surface area contributed by atoms with E-state index in [4.69, 9.17) is 4.74 Å². The first-order chi connectivity index (χ1) is 24.0. The van der Waals surface area contributed by atoms with E-state index in [2.05, 4.69) is 38.3 Å². The van der Waals surface area contributed by atoms with Crippen LogP contribution in [-0.4, -0.2) is 80.2 Å². The average molecular weight is 701 g/mol. The molecule has 2 saturated heterocycles. The van der Waals surface area contributed by atoms with Crippen LogP contribution in [0.1, 0.15) is 92.6 Å². The number of nitrogens with zero attached hydrogens (tertiary/aromatic N) is 3. The Morgan fingerprint density at radius 1 is 0.940 bits per heavy atom. The summed E-state index contributed by atoms with van der Waals surface area (Å²) in [5.41, 5.74) is 5.54. The molecule has 4 heterocycles. The number of hydrogen-bond acceptors (Lipinski definition) is 6. The van der Waals surface area contributed by atoms with Crippen molar-refractivity contribution in [3.8, 4) is 17.0 Å². The minimum absolute atomic E-state index is 0.206. The molecule has 2 saturated carbocycles. The Balaban J connectivity index is 1.29. The van der Waals surface area contributed by atoms with Crippen LogP contribution in [-0.2, 0) is 27.8 Å². The summed E-state index contributed by atoms with van der Waals surface area (Å²) >= 11 is 0. The molecule has 5 aliphatic rings. The third kappa shape index (κ3) is 5.84. The van der Waals surface area contributed by atoms with E-state index in [9.17, 15) is 13.2 Å². The predicted octanol–water partition coefficient (Wildman–Crippen LogP) is 6.20. The first-order valence-corrected chi connectivity index (χ1v) is 20.4. The molecule has 3 aliphatic heterocycles. The highest BCUT2D eigenvalue weighted by Crippen LogP contribution is 2.60. The molecule has 2 aromatic carbocycles. The fourth-order valence-electron chi connectivity index (χ4n) is 9.99. The SMILES string of the molecule is COc1ccc2c(c1)C[C@@H]1C[C@]1(C(=O)N1C[C@@H]3CC[C@@H](CN(C)C3)C1)Cn1c-2c(C2CCCCC2)c2ccc(C(=O)NS(=O)(=O)C(C)C)cc21. The number of methoxy groups -OCH3 is 1. The zero-order chi connectivity index (χ0) is 34.9. The molecule has 1 N–H and O–H groups in total. The van der Waals surface area contributed by atoms with Crippen LogP contribution in [0.25, 0.3) is 22.2 Å². The Morgan fingerprint density at radius 2 is 1.66 bits per heavy atom. The van der Waals surface area contributed by atoms with Gasteiger partial charge in [-0.2, -0.15) is 0 Å². The number of rotatable bonds is 6. The number of benzene rings is 2. The van der Waals surface area contributed by atoms with Gasteiger partial charge in [0.15, 0.2) is 0 Å². The van der Waals surface area contributed by atoms with Crippen LogP contribution in [0.3, 0.4) is 0 Å². The quantitative estimate of drug-likeness (QED) is 0.329. The highest BCUT2D eigenvalue weighted by molar-refractivity contribution is 7.90. The lowest BCUT2D eigenvalue weighted by Crippen LogP contribution is -2.48. The topological polar surface area (TPSA) is 101 Å². The number of nitrogens with one attached hydrogen (secondary N) is 1. The first kappa shape index (κ1) is 33.8. The smallest absolute Gasteiger partial charge is 0.264 e. The zero-order valence-corrected chi connectivity index (χ0v) is 30.9. The molecule has 2 aliphatic carbocycles. The lowest BCUT2D eigenvalue weighted by atomic mass is 9.80. The number of likely N-dealkylation sites (tertiary alicyclic amines) is 2. The number of hydrogen-bond donors (Lipinski definition) is 1. The number of sulfonamides is 1. The maximum atomic E-state index is 15.1. The van der Waals surface area contributed by atoms with Crippen LogP contribution in [0.15, 0.2) is 36.4 Å². The van der Waals surface area contributed by atoms with Crippen molar-refractivity contribution in [3.05, 3.63) is 53.1 Å². The fraction of sp³-hybridized carbons (Fsp3) is 0.600. The molecule has 9 nitrogen and oxygen atoms in total. The van der Waals surface area contributed by atoms with Gasteiger partial charge in [0, 0.05) is 54.8 Å². The summed E-state index contributed by atoms with van der Waals surface area (Å²) in [6.07, 6.45) is 9.81. The van der Waals surface area contributed by atoms with E-state index in [-0.39, 0.29) is 5.92 Å². The Kier molecular flexibility index (Phi) is 8.57. The third-order valence-corrected chi connectivity index (χ3v) is 14.4. The van der Waals surface area contributed by atoms with Crippen LogP contribution < -0.4 is 9.46 Å². The van der Waals surface area contributed by atoms with Crippen molar-refractivity contribution in [2.24, 2.45) is 23.2 Å². The molecule has 3 aromatic rings. The van der Waals surface area contributed by atoms with Gasteiger partial charge in [0.05, 0.1) is 23.5 Å². The number of aromatic nitrogens is 1. The van der Waals surface area contributed by atoms with Crippen LogP contribution in [0.2, 0.25) is 0 Å². The summed E-state index contributed by atoms with van der Waals surface area (Å²) in [5.74, 6) is 2.04. The summed E-state index contributed by atoms with van der Waals surface area (Å²) in [6.45, 7) is 7.41. The van der Waals surface area contributed by atoms with Crippen LogP contribution in [0.4, 0.5) is 0 Å². The van der Waals surface area contributed by atoms with Crippen molar-refractivity contribution < 1.29 is 22.7 Å². The number of carbonyl (C=O) groups is 2. The molecular formula is C40H52N4O5S. The standard InChI is InChI=1S/C40H52N4O5S/c1-25(2)50(47,48)41-38(45)29-12-14-34-35(18-29)44-24-40(39(46)43-22-26-10-11-27(23-43)21-42(3)20-26)19-31(40)16-30-17-32(49-4)13-15-33(30)37(44)36(34)28-8-6-5-7-9-28/h12-15,17-18,25-28,31H,5-11,16,19-24H2,1-4H3,(H,41,45)/t26-,27+,31-,40+/m1/s1. The fourth-order valence-corrected chi connectivity index (χ4v) is 10.6. The Labute approximate surface area is 296 Å². The normalized spacial score (nSPS) is 27.1. The third-order valence-electron chi connectivity index (χ3n) is 12.7. The molecule has 10 heteroatoms. The van der Waals surface area contributed by atoms with Gasteiger partial charge in [-0.05, 0) is 125 Å². The summed E-state index contributed by atoms with van der Waals surface area (Å²) in [4.78, 5) is 33.3. The van der Waals surface area contributed by atoms with E-state index in [1.54, 1.807) is 27.0 Å². The van der Waals surface area contributed by atoms with Crippen molar-refractivity contribution in [2.75, 3.05) is 40.3 Å². The van der Waals surface area contributed by atoms with Gasteiger partial charge in [-0.15, -0.1) is 0 Å². The van der Waals surface area contributed by atoms with Crippen molar-refractivity contribution in [1.29, 1.82) is 0 Å². The first-order valence-electron chi connectivity index (χ1n) is 18.8. The molecule has 50 heavy (non-hydrogen) atoms. The van der Waals surface area contributed by atoms with Gasteiger partial charge < -0.3 is 19.1 Å². The maximum Gasteiger partial charge on any atom is 0.264 e. The highest BCUT2D eigenvalue weighted by Gasteiger charge is 2.62. The van der Waals surface area contributed by atoms with Gasteiger partial charge in [-0.1, -0.05) is 25.3 Å². The molecular weight excluding hydrogens is 649 g/mol. The van der Waals surface area contributed by atoms with E-state index in [0.717, 1.165) is 74.2 Å². The number of carbonyl (C=O) groups excluding carboxylic acids is 2. The van der Waals surface area contributed by atoms with Crippen molar-refractivity contribution in [3.63, 3.8) is 0 Å². The van der Waals surface area contributed by atoms with Crippen molar-refractivity contribution >= 4 is 32.7 Å². The lowest BCUT2D eigenvalue weighted by molar-refractivity contribution is -0.139. The Morgan fingerprint density at radius 3 is 2.34 bits per heavy atom. The van der Waals surface area contributed by atoms with Crippen molar-refractivity contribution in [2.45, 2.75) is 89.3 Å². The summed E-state index contributed by atoms with van der Waals surface area (Å²) in [6, 6.07) is 12.1. The van der Waals surface area contributed by atoms with E-state index in [1.807, 2.05) is 18.2 Å². The molecule has 0 radical (unpaired) electrons. The number of amides is 2. The van der Waals surface area contributed by atoms with Crippen LogP contribution >= 0.6 is 0 Å². The van der Waals surface area contributed by atoms with E-state index < -0.39 is 26.6 Å². The molecule has 0 spiro atoms. The maximum absolute atomic E-state index is 15.1. The van der Waals surface area contributed by atoms with Crippen LogP contribution in [0, 0.1) is 23.2 Å². The second-order valence-corrected chi connectivity index (χ2v) is 18.7. The molecule has 1 aromatic heterocycles. The van der Waals surface area contributed by atoms with Gasteiger partial charge in [-0.25, -0.2) is 13.1 Å². The molecule has 0 unspecified atom stereocenters. The minimum atomic E-state index is -3.81. The number of ether oxygens (including phenoxy) is 1. The van der Waals surface area contributed by atoms with E-state index >= 15 is 4.79 Å². The summed E-state index contributed by atoms with van der Waals surface area (Å²) in [7, 11) is 0.119. The summed E-state index contributed by atoms with van der Waals surface area (Å²) in [5, 5.41) is 0.373. The second kappa shape index (κ2) is 12.7. The van der Waals surface area contributed by atoms with Crippen LogP contribution in [0.5, 0.6) is 5.75 Å². The molecule has 4 atom stereocenters. The predicted molar refractivity (Wildman–Crippen MR) is 196 cm³/mol. The number of fused-ring (bicyclic) bond motifs is 9. The Bertz CT molecular complexity index is 1930. The van der Waals surface area contributed by atoms with E-state index in [0.29, 0.717) is 35.8 Å². The van der Waals surface area contributed by atoms with E-state index in [1.165, 1.54) is 48.8 Å². The largest absolute Gasteiger partial charge is 0.497 e. The second-order valence-electron chi connectivity index (χ2n) is 16.5. The minimum Gasteiger partial charge on any atom is -0.497 e. The lowest BCUT2D eigenvalue weighted by Gasteiger charge is -2.36. The molecule has 4 fully saturated rings. The molecule has 2 amide bonds. The molecule has 2 bridgehead atoms. The average Bonchev–Trinajstić information content (AvgIpc) is 3.77. The Hall–Kier alpha value is -3.37. The monoisotopic (exact) mass is 700 g/mol. The zero-order valence-electron chi connectivity index (χ0n) is 30.0. The van der Waals surface area contributed by atoms with Gasteiger partial charge >= 0.3 is 0 Å². The van der Waals surface area contributed by atoms with Gasteiger partial charge in [-0.3, -0.25) is 9.59 Å². The molecule has 268 valence electrons. The highest BCUT2D eigenvalue weighted by atomic mass is 32.2. The molecule has 8 rings (SSSR count). The van der Waals surface area contributed by atoms with Gasteiger partial charge in [0.25, 0.3) is 5.91 Å². The van der Waals surface area contributed by atoms with Gasteiger partial charge in [0.2, 0.25) is 15.9 Å². The van der Waals surface area contributed by atoms with Crippen molar-refractivity contribution in [1.82, 2.24) is 19.1 Å². The summed E-state index contributed by atoms with van der Waals surface area (Å²) < 4.78 is 35.9.